The van der Waals surface area contributed by atoms with Gasteiger partial charge in [0.25, 0.3) is 0 Å². The summed E-state index contributed by atoms with van der Waals surface area (Å²) >= 11 is 0. The van der Waals surface area contributed by atoms with Crippen LogP contribution in [0.25, 0.3) is 0 Å². The third kappa shape index (κ3) is 4.82. The van der Waals surface area contributed by atoms with E-state index in [-0.39, 0.29) is 9.68 Å². The highest BCUT2D eigenvalue weighted by molar-refractivity contribution is 6.36. The Hall–Kier alpha value is 0.177. The maximum absolute atomic E-state index is 3.83. The maximum atomic E-state index is 3.83. The zero-order valence-corrected chi connectivity index (χ0v) is 11.7. The maximum Gasteiger partial charge on any atom is 0.0978 e. The number of hydrogen-bond acceptors (Lipinski definition) is 1. The van der Waals surface area contributed by atoms with Crippen LogP contribution in [0.2, 0.25) is 5.04 Å². The van der Waals surface area contributed by atoms with Crippen LogP contribution >= 0.6 is 0 Å². The van der Waals surface area contributed by atoms with Crippen LogP contribution in [0.5, 0.6) is 0 Å². The van der Waals surface area contributed by atoms with Crippen molar-refractivity contribution in [1.82, 2.24) is 4.98 Å². The molecule has 0 aromatic heterocycles. The Morgan fingerprint density at radius 3 is 1.69 bits per heavy atom. The topological polar surface area (TPSA) is 12.0 Å². The first-order valence-electron chi connectivity index (χ1n) is 5.64. The average Bonchev–Trinajstić information content (AvgIpc) is 2.14. The van der Waals surface area contributed by atoms with E-state index in [9.17, 15) is 0 Å². The summed E-state index contributed by atoms with van der Waals surface area (Å²) in [4.78, 5) is 3.83. The fourth-order valence-corrected chi connectivity index (χ4v) is 2.73. The molecule has 0 saturated carbocycles. The zero-order chi connectivity index (χ0) is 10.5. The molecular weight excluding hydrogens is 174 g/mol. The molecule has 0 aromatic rings. The van der Waals surface area contributed by atoms with Crippen molar-refractivity contribution < 1.29 is 0 Å². The Balaban J connectivity index is 3.99. The van der Waals surface area contributed by atoms with Crippen molar-refractivity contribution in [3.8, 4) is 0 Å². The molecule has 0 unspecified atom stereocenters. The van der Waals surface area contributed by atoms with E-state index < -0.39 is 0 Å². The van der Waals surface area contributed by atoms with E-state index in [0.29, 0.717) is 10.6 Å². The van der Waals surface area contributed by atoms with E-state index in [1.54, 1.807) is 0 Å². The van der Waals surface area contributed by atoms with Crippen molar-refractivity contribution in [2.24, 2.45) is 0 Å². The van der Waals surface area contributed by atoms with Gasteiger partial charge >= 0.3 is 0 Å². The molecule has 0 bridgehead atoms. The summed E-state index contributed by atoms with van der Waals surface area (Å²) in [6, 6.07) is 0. The first kappa shape index (κ1) is 13.2. The fourth-order valence-electron chi connectivity index (χ4n) is 1.08. The van der Waals surface area contributed by atoms with Crippen molar-refractivity contribution in [3.63, 3.8) is 0 Å². The summed E-state index contributed by atoms with van der Waals surface area (Å²) in [5.74, 6) is 0. The molecule has 1 N–H and O–H groups in total. The van der Waals surface area contributed by atoms with Crippen molar-refractivity contribution in [2.45, 2.75) is 71.4 Å². The van der Waals surface area contributed by atoms with Crippen LogP contribution in [0, 0.1) is 0 Å². The molecule has 0 aromatic carbocycles. The summed E-state index contributed by atoms with van der Waals surface area (Å²) in [6.07, 6.45) is 3.79. The highest BCUT2D eigenvalue weighted by Gasteiger charge is 2.23. The molecule has 0 saturated heterocycles. The molecule has 0 atom stereocenters. The van der Waals surface area contributed by atoms with Gasteiger partial charge in [-0.3, -0.25) is 0 Å². The van der Waals surface area contributed by atoms with Gasteiger partial charge in [-0.2, -0.15) is 0 Å². The van der Waals surface area contributed by atoms with E-state index >= 15 is 0 Å². The summed E-state index contributed by atoms with van der Waals surface area (Å²) in [7, 11) is -0.137. The Labute approximate surface area is 86.6 Å². The molecule has 0 rings (SSSR count). The van der Waals surface area contributed by atoms with Gasteiger partial charge in [0.2, 0.25) is 0 Å². The van der Waals surface area contributed by atoms with Gasteiger partial charge in [-0.05, 0) is 24.8 Å². The van der Waals surface area contributed by atoms with E-state index in [2.05, 4.69) is 46.5 Å². The Morgan fingerprint density at radius 1 is 0.923 bits per heavy atom. The van der Waals surface area contributed by atoms with Crippen LogP contribution in [0.4, 0.5) is 0 Å². The van der Waals surface area contributed by atoms with Crippen LogP contribution < -0.4 is 4.98 Å². The lowest BCUT2D eigenvalue weighted by atomic mass is 9.98. The van der Waals surface area contributed by atoms with Gasteiger partial charge in [0, 0.05) is 5.54 Å². The van der Waals surface area contributed by atoms with Crippen LogP contribution in [0.1, 0.15) is 60.8 Å². The van der Waals surface area contributed by atoms with Crippen LogP contribution in [0.3, 0.4) is 0 Å². The van der Waals surface area contributed by atoms with Crippen molar-refractivity contribution in [2.75, 3.05) is 0 Å². The molecule has 0 aliphatic rings. The smallest absolute Gasteiger partial charge is 0.0978 e. The Kier molecular flexibility index (Phi) is 5.23. The molecule has 0 fully saturated rings. The van der Waals surface area contributed by atoms with Gasteiger partial charge in [-0.15, -0.1) is 0 Å². The second-order valence-electron chi connectivity index (χ2n) is 5.14. The quantitative estimate of drug-likeness (QED) is 0.652. The van der Waals surface area contributed by atoms with E-state index in [0.717, 1.165) is 0 Å². The minimum Gasteiger partial charge on any atom is -0.337 e. The first-order valence-corrected chi connectivity index (χ1v) is 7.05. The lowest BCUT2D eigenvalue weighted by Crippen LogP contribution is -2.46. The van der Waals surface area contributed by atoms with Crippen LogP contribution in [-0.4, -0.2) is 15.2 Å². The molecule has 13 heavy (non-hydrogen) atoms. The van der Waals surface area contributed by atoms with Gasteiger partial charge in [-0.25, -0.2) is 0 Å². The summed E-state index contributed by atoms with van der Waals surface area (Å²) in [5.41, 5.74) is 0.401. The monoisotopic (exact) mass is 201 g/mol. The average molecular weight is 201 g/mol. The van der Waals surface area contributed by atoms with E-state index in [1.165, 1.54) is 19.3 Å². The second-order valence-corrected chi connectivity index (χ2v) is 7.76. The number of rotatable bonds is 6. The van der Waals surface area contributed by atoms with E-state index in [4.69, 9.17) is 0 Å². The molecule has 0 aliphatic heterocycles. The minimum atomic E-state index is -0.137. The van der Waals surface area contributed by atoms with Crippen LogP contribution in [-0.2, 0) is 0 Å². The molecule has 0 spiro atoms. The van der Waals surface area contributed by atoms with Gasteiger partial charge in [-0.1, -0.05) is 41.0 Å². The molecule has 0 aliphatic carbocycles. The summed E-state index contributed by atoms with van der Waals surface area (Å²) in [5, 5.41) is 0.575. The lowest BCUT2D eigenvalue weighted by molar-refractivity contribution is 0.390. The fraction of sp³-hybridized carbons (Fsp3) is 1.00. The van der Waals surface area contributed by atoms with Crippen LogP contribution in [0.15, 0.2) is 0 Å². The zero-order valence-electron chi connectivity index (χ0n) is 10.3. The third-order valence-corrected chi connectivity index (χ3v) is 6.00. The Bertz CT molecular complexity index is 139. The standard InChI is InChI=1S/C11H27NSi/c1-7-10(4,5)13-12-11(6,8-2)9-3/h12H,7-9,13H2,1-6H3. The third-order valence-electron chi connectivity index (χ3n) is 3.51. The van der Waals surface area contributed by atoms with Gasteiger partial charge < -0.3 is 4.98 Å². The molecule has 2 heteroatoms. The molecule has 80 valence electrons. The van der Waals surface area contributed by atoms with Gasteiger partial charge in [0.05, 0.1) is 9.68 Å². The largest absolute Gasteiger partial charge is 0.337 e. The van der Waals surface area contributed by atoms with E-state index in [1.807, 2.05) is 0 Å². The predicted molar refractivity (Wildman–Crippen MR) is 65.0 cm³/mol. The predicted octanol–water partition coefficient (Wildman–Crippen LogP) is 2.85. The molecular formula is C11H27NSi. The highest BCUT2D eigenvalue weighted by Crippen LogP contribution is 2.27. The molecule has 0 heterocycles. The van der Waals surface area contributed by atoms with Gasteiger partial charge in [0.1, 0.15) is 0 Å². The molecule has 1 nitrogen and oxygen atoms in total. The first-order chi connectivity index (χ1) is 5.89. The summed E-state index contributed by atoms with van der Waals surface area (Å²) < 4.78 is 0. The molecule has 0 amide bonds. The number of nitrogens with one attached hydrogen (secondary N) is 1. The van der Waals surface area contributed by atoms with Crippen molar-refractivity contribution in [1.29, 1.82) is 0 Å². The minimum absolute atomic E-state index is 0.137. The number of hydrogen-bond donors (Lipinski definition) is 1. The Morgan fingerprint density at radius 2 is 1.38 bits per heavy atom. The lowest BCUT2D eigenvalue weighted by Gasteiger charge is -2.33. The highest BCUT2D eigenvalue weighted by atomic mass is 28.2. The second kappa shape index (κ2) is 5.16. The van der Waals surface area contributed by atoms with Gasteiger partial charge in [0.15, 0.2) is 0 Å². The molecule has 0 radical (unpaired) electrons. The van der Waals surface area contributed by atoms with Crippen molar-refractivity contribution >= 4 is 9.68 Å². The normalized spacial score (nSPS) is 14.3. The SMILES string of the molecule is CCC(C)(CC)N[SiH2]C(C)(C)CC. The summed E-state index contributed by atoms with van der Waals surface area (Å²) in [6.45, 7) is 14.0. The van der Waals surface area contributed by atoms with Crippen molar-refractivity contribution in [3.05, 3.63) is 0 Å².